The normalized spacial score (nSPS) is 12.9. The molecule has 0 bridgehead atoms. The van der Waals surface area contributed by atoms with Crippen molar-refractivity contribution in [1.82, 2.24) is 10.5 Å². The van der Waals surface area contributed by atoms with Crippen LogP contribution in [-0.2, 0) is 9.84 Å². The number of nitrogens with zero attached hydrogens (tertiary/aromatic N) is 1. The van der Waals surface area contributed by atoms with Gasteiger partial charge in [0.05, 0.1) is 16.6 Å². The standard InChI is InChI=1S/C14H16N2O4S/c1-9-8-13(20-16-9)14(17)15-10(2)11-4-6-12(7-5-11)21(3,18)19/h4-8,10H,1-3H3,(H,15,17). The van der Waals surface area contributed by atoms with Gasteiger partial charge in [0.15, 0.2) is 9.84 Å². The first kappa shape index (κ1) is 15.2. The first-order chi connectivity index (χ1) is 9.77. The summed E-state index contributed by atoms with van der Waals surface area (Å²) in [6, 6.07) is 7.66. The Bertz CT molecular complexity index is 748. The molecule has 0 saturated heterocycles. The Morgan fingerprint density at radius 1 is 1.29 bits per heavy atom. The zero-order valence-corrected chi connectivity index (χ0v) is 12.8. The lowest BCUT2D eigenvalue weighted by atomic mass is 10.1. The Balaban J connectivity index is 2.10. The van der Waals surface area contributed by atoms with Gasteiger partial charge < -0.3 is 9.84 Å². The second-order valence-electron chi connectivity index (χ2n) is 4.87. The zero-order valence-electron chi connectivity index (χ0n) is 12.0. The molecule has 1 amide bonds. The van der Waals surface area contributed by atoms with Crippen molar-refractivity contribution in [2.24, 2.45) is 0 Å². The van der Waals surface area contributed by atoms with Crippen LogP contribution in [0.2, 0.25) is 0 Å². The van der Waals surface area contributed by atoms with E-state index in [1.165, 1.54) is 12.1 Å². The van der Waals surface area contributed by atoms with Crippen molar-refractivity contribution in [3.8, 4) is 0 Å². The smallest absolute Gasteiger partial charge is 0.290 e. The molecule has 2 rings (SSSR count). The number of nitrogens with one attached hydrogen (secondary N) is 1. The van der Waals surface area contributed by atoms with Gasteiger partial charge >= 0.3 is 0 Å². The molecule has 0 aliphatic rings. The number of carbonyl (C=O) groups is 1. The fourth-order valence-corrected chi connectivity index (χ4v) is 2.46. The highest BCUT2D eigenvalue weighted by atomic mass is 32.2. The minimum atomic E-state index is -3.22. The van der Waals surface area contributed by atoms with Crippen LogP contribution in [0.1, 0.15) is 34.8 Å². The van der Waals surface area contributed by atoms with Crippen molar-refractivity contribution in [3.05, 3.63) is 47.3 Å². The van der Waals surface area contributed by atoms with E-state index in [1.807, 2.05) is 0 Å². The highest BCUT2D eigenvalue weighted by molar-refractivity contribution is 7.90. The molecule has 0 aliphatic heterocycles. The fraction of sp³-hybridized carbons (Fsp3) is 0.286. The van der Waals surface area contributed by atoms with E-state index < -0.39 is 9.84 Å². The van der Waals surface area contributed by atoms with Crippen molar-refractivity contribution in [3.63, 3.8) is 0 Å². The van der Waals surface area contributed by atoms with Gasteiger partial charge in [-0.25, -0.2) is 8.42 Å². The van der Waals surface area contributed by atoms with E-state index >= 15 is 0 Å². The van der Waals surface area contributed by atoms with Crippen LogP contribution in [0.25, 0.3) is 0 Å². The number of aryl methyl sites for hydroxylation is 1. The molecule has 1 aromatic heterocycles. The van der Waals surface area contributed by atoms with Gasteiger partial charge in [0.1, 0.15) is 0 Å². The number of benzene rings is 1. The number of carbonyl (C=O) groups excluding carboxylic acids is 1. The largest absolute Gasteiger partial charge is 0.351 e. The second kappa shape index (κ2) is 5.69. The molecule has 21 heavy (non-hydrogen) atoms. The zero-order chi connectivity index (χ0) is 15.6. The molecular weight excluding hydrogens is 292 g/mol. The highest BCUT2D eigenvalue weighted by Crippen LogP contribution is 2.17. The minimum Gasteiger partial charge on any atom is -0.351 e. The van der Waals surface area contributed by atoms with Crippen LogP contribution in [0, 0.1) is 6.92 Å². The van der Waals surface area contributed by atoms with Gasteiger partial charge in [-0.3, -0.25) is 4.79 Å². The van der Waals surface area contributed by atoms with Crippen molar-refractivity contribution < 1.29 is 17.7 Å². The fourth-order valence-electron chi connectivity index (χ4n) is 1.83. The molecule has 1 aromatic carbocycles. The summed E-state index contributed by atoms with van der Waals surface area (Å²) < 4.78 is 27.7. The molecule has 1 atom stereocenters. The van der Waals surface area contributed by atoms with Crippen molar-refractivity contribution in [2.75, 3.05) is 6.26 Å². The first-order valence-corrected chi connectivity index (χ1v) is 8.20. The maximum atomic E-state index is 11.9. The third kappa shape index (κ3) is 3.69. The topological polar surface area (TPSA) is 89.3 Å². The maximum Gasteiger partial charge on any atom is 0.290 e. The summed E-state index contributed by atoms with van der Waals surface area (Å²) in [6.07, 6.45) is 1.15. The molecule has 2 aromatic rings. The summed E-state index contributed by atoms with van der Waals surface area (Å²) >= 11 is 0. The Labute approximate surface area is 123 Å². The van der Waals surface area contributed by atoms with Crippen molar-refractivity contribution in [1.29, 1.82) is 0 Å². The lowest BCUT2D eigenvalue weighted by Gasteiger charge is -2.13. The van der Waals surface area contributed by atoms with Crippen LogP contribution in [0.3, 0.4) is 0 Å². The number of hydrogen-bond donors (Lipinski definition) is 1. The minimum absolute atomic E-state index is 0.145. The van der Waals surface area contributed by atoms with E-state index in [9.17, 15) is 13.2 Å². The molecule has 1 unspecified atom stereocenters. The van der Waals surface area contributed by atoms with Gasteiger partial charge in [-0.15, -0.1) is 0 Å². The summed E-state index contributed by atoms with van der Waals surface area (Å²) in [5, 5.41) is 6.42. The lowest BCUT2D eigenvalue weighted by Crippen LogP contribution is -2.26. The number of rotatable bonds is 4. The molecule has 0 aliphatic carbocycles. The van der Waals surface area contributed by atoms with E-state index in [0.717, 1.165) is 11.8 Å². The molecular formula is C14H16N2O4S. The molecule has 1 N–H and O–H groups in total. The average molecular weight is 308 g/mol. The number of amides is 1. The Hall–Kier alpha value is -2.15. The van der Waals surface area contributed by atoms with Crippen LogP contribution >= 0.6 is 0 Å². The summed E-state index contributed by atoms with van der Waals surface area (Å²) in [4.78, 5) is 12.2. The predicted octanol–water partition coefficient (Wildman–Crippen LogP) is 1.88. The highest BCUT2D eigenvalue weighted by Gasteiger charge is 2.16. The monoisotopic (exact) mass is 308 g/mol. The summed E-state index contributed by atoms with van der Waals surface area (Å²) in [6.45, 7) is 3.53. The Kier molecular flexibility index (Phi) is 4.13. The van der Waals surface area contributed by atoms with Crippen LogP contribution in [0.4, 0.5) is 0 Å². The van der Waals surface area contributed by atoms with Gasteiger partial charge in [0.2, 0.25) is 5.76 Å². The second-order valence-corrected chi connectivity index (χ2v) is 6.88. The molecule has 0 saturated carbocycles. The third-order valence-electron chi connectivity index (χ3n) is 3.01. The van der Waals surface area contributed by atoms with Crippen molar-refractivity contribution in [2.45, 2.75) is 24.8 Å². The van der Waals surface area contributed by atoms with Crippen molar-refractivity contribution >= 4 is 15.7 Å². The van der Waals surface area contributed by atoms with Crippen LogP contribution in [0.15, 0.2) is 39.8 Å². The van der Waals surface area contributed by atoms with Crippen LogP contribution in [-0.4, -0.2) is 25.7 Å². The maximum absolute atomic E-state index is 11.9. The van der Waals surface area contributed by atoms with E-state index in [1.54, 1.807) is 32.0 Å². The van der Waals surface area contributed by atoms with Gasteiger partial charge in [0.25, 0.3) is 5.91 Å². The summed E-state index contributed by atoms with van der Waals surface area (Å²) in [5.74, 6) is -0.220. The predicted molar refractivity (Wildman–Crippen MR) is 76.7 cm³/mol. The molecule has 1 heterocycles. The quantitative estimate of drug-likeness (QED) is 0.931. The van der Waals surface area contributed by atoms with Gasteiger partial charge in [-0.2, -0.15) is 0 Å². The SMILES string of the molecule is Cc1cc(C(=O)NC(C)c2ccc(S(C)(=O)=O)cc2)on1. The van der Waals surface area contributed by atoms with Crippen LogP contribution in [0.5, 0.6) is 0 Å². The molecule has 0 spiro atoms. The molecule has 7 heteroatoms. The van der Waals surface area contributed by atoms with Gasteiger partial charge in [-0.05, 0) is 31.5 Å². The first-order valence-electron chi connectivity index (χ1n) is 6.31. The Morgan fingerprint density at radius 2 is 1.90 bits per heavy atom. The van der Waals surface area contributed by atoms with E-state index in [2.05, 4.69) is 10.5 Å². The molecule has 0 radical (unpaired) electrons. The average Bonchev–Trinajstić information content (AvgIpc) is 2.84. The third-order valence-corrected chi connectivity index (χ3v) is 4.14. The summed E-state index contributed by atoms with van der Waals surface area (Å²) in [5.41, 5.74) is 1.43. The molecule has 112 valence electrons. The van der Waals surface area contributed by atoms with Gasteiger partial charge in [-0.1, -0.05) is 17.3 Å². The summed E-state index contributed by atoms with van der Waals surface area (Å²) in [7, 11) is -3.22. The van der Waals surface area contributed by atoms with Gasteiger partial charge in [0, 0.05) is 12.3 Å². The van der Waals surface area contributed by atoms with E-state index in [-0.39, 0.29) is 22.6 Å². The molecule has 6 nitrogen and oxygen atoms in total. The number of aromatic nitrogens is 1. The van der Waals surface area contributed by atoms with E-state index in [0.29, 0.717) is 5.69 Å². The lowest BCUT2D eigenvalue weighted by molar-refractivity contribution is 0.0902. The number of hydrogen-bond acceptors (Lipinski definition) is 5. The van der Waals surface area contributed by atoms with E-state index in [4.69, 9.17) is 4.52 Å². The van der Waals surface area contributed by atoms with Crippen LogP contribution < -0.4 is 5.32 Å². The Morgan fingerprint density at radius 3 is 2.38 bits per heavy atom. The number of sulfone groups is 1. The molecule has 0 fully saturated rings.